The van der Waals surface area contributed by atoms with Crippen molar-refractivity contribution in [3.8, 4) is 5.75 Å². The molecule has 0 bridgehead atoms. The van der Waals surface area contributed by atoms with E-state index in [0.717, 1.165) is 70.1 Å². The van der Waals surface area contributed by atoms with Crippen molar-refractivity contribution in [2.24, 2.45) is 0 Å². The third-order valence-electron chi connectivity index (χ3n) is 5.20. The third-order valence-corrected chi connectivity index (χ3v) is 5.20. The van der Waals surface area contributed by atoms with Crippen molar-refractivity contribution >= 4 is 11.7 Å². The summed E-state index contributed by atoms with van der Waals surface area (Å²) in [5.41, 5.74) is 0.747. The molecule has 1 N–H and O–H groups in total. The lowest BCUT2D eigenvalue weighted by molar-refractivity contribution is 0.0329. The van der Waals surface area contributed by atoms with Crippen LogP contribution in [0.25, 0.3) is 0 Å². The van der Waals surface area contributed by atoms with Crippen molar-refractivity contribution in [1.29, 1.82) is 0 Å². The fourth-order valence-corrected chi connectivity index (χ4v) is 3.76. The summed E-state index contributed by atoms with van der Waals surface area (Å²) >= 11 is 0. The quantitative estimate of drug-likeness (QED) is 0.845. The zero-order valence-corrected chi connectivity index (χ0v) is 15.8. The van der Waals surface area contributed by atoms with Gasteiger partial charge in [0.05, 0.1) is 25.5 Å². The number of morpholine rings is 1. The maximum absolute atomic E-state index is 12.9. The number of benzene rings is 1. The van der Waals surface area contributed by atoms with E-state index in [1.54, 1.807) is 0 Å². The standard InChI is InChI=1S/C20H31N3O3/c1-2-26-19-9-4-3-8-18(19)21-20(24)23-11-6-5-7-17(23)10-12-22-13-15-25-16-14-22/h3-4,8-9,17H,2,5-7,10-16H2,1H3,(H,21,24). The predicted molar refractivity (Wildman–Crippen MR) is 103 cm³/mol. The predicted octanol–water partition coefficient (Wildman–Crippen LogP) is 3.19. The van der Waals surface area contributed by atoms with Gasteiger partial charge in [0.25, 0.3) is 0 Å². The van der Waals surface area contributed by atoms with Gasteiger partial charge in [0.1, 0.15) is 5.75 Å². The molecule has 2 aliphatic rings. The molecule has 3 rings (SSSR count). The highest BCUT2D eigenvalue weighted by Crippen LogP contribution is 2.26. The number of nitrogens with zero attached hydrogens (tertiary/aromatic N) is 2. The van der Waals surface area contributed by atoms with E-state index in [0.29, 0.717) is 12.6 Å². The molecule has 6 heteroatoms. The van der Waals surface area contributed by atoms with Crippen LogP contribution in [0.15, 0.2) is 24.3 Å². The Morgan fingerprint density at radius 3 is 2.85 bits per heavy atom. The van der Waals surface area contributed by atoms with Crippen LogP contribution in [-0.2, 0) is 4.74 Å². The van der Waals surface area contributed by atoms with Crippen LogP contribution < -0.4 is 10.1 Å². The SMILES string of the molecule is CCOc1ccccc1NC(=O)N1CCCCC1CCN1CCOCC1. The number of hydrogen-bond acceptors (Lipinski definition) is 4. The zero-order chi connectivity index (χ0) is 18.2. The number of hydrogen-bond donors (Lipinski definition) is 1. The molecule has 26 heavy (non-hydrogen) atoms. The number of carbonyl (C=O) groups is 1. The Balaban J connectivity index is 1.58. The summed E-state index contributed by atoms with van der Waals surface area (Å²) in [6.07, 6.45) is 4.40. The third kappa shape index (κ3) is 5.11. The highest BCUT2D eigenvalue weighted by molar-refractivity contribution is 5.91. The van der Waals surface area contributed by atoms with Crippen LogP contribution in [-0.4, -0.2) is 67.9 Å². The summed E-state index contributed by atoms with van der Waals surface area (Å²) in [5.74, 6) is 0.727. The van der Waals surface area contributed by atoms with Gasteiger partial charge in [-0.05, 0) is 44.7 Å². The average molecular weight is 361 g/mol. The van der Waals surface area contributed by atoms with Gasteiger partial charge in [-0.25, -0.2) is 4.79 Å². The maximum atomic E-state index is 12.9. The smallest absolute Gasteiger partial charge is 0.322 e. The Morgan fingerprint density at radius 1 is 1.23 bits per heavy atom. The molecule has 2 aliphatic heterocycles. The fourth-order valence-electron chi connectivity index (χ4n) is 3.76. The summed E-state index contributed by atoms with van der Waals surface area (Å²) in [6.45, 7) is 8.04. The molecule has 0 spiro atoms. The highest BCUT2D eigenvalue weighted by Gasteiger charge is 2.27. The number of para-hydroxylation sites is 2. The Bertz CT molecular complexity index is 575. The monoisotopic (exact) mass is 361 g/mol. The molecule has 6 nitrogen and oxygen atoms in total. The molecule has 2 amide bonds. The Hall–Kier alpha value is -1.79. The van der Waals surface area contributed by atoms with Gasteiger partial charge < -0.3 is 19.7 Å². The average Bonchev–Trinajstić information content (AvgIpc) is 2.69. The fraction of sp³-hybridized carbons (Fsp3) is 0.650. The zero-order valence-electron chi connectivity index (χ0n) is 15.8. The number of urea groups is 1. The summed E-state index contributed by atoms with van der Waals surface area (Å²) in [6, 6.07) is 7.94. The van der Waals surface area contributed by atoms with Crippen LogP contribution in [0.5, 0.6) is 5.75 Å². The summed E-state index contributed by atoms with van der Waals surface area (Å²) in [7, 11) is 0. The number of ether oxygens (including phenoxy) is 2. The summed E-state index contributed by atoms with van der Waals surface area (Å²) in [4.78, 5) is 17.4. The van der Waals surface area contributed by atoms with Crippen LogP contribution in [0.1, 0.15) is 32.6 Å². The lowest BCUT2D eigenvalue weighted by atomic mass is 9.99. The molecule has 1 aromatic rings. The van der Waals surface area contributed by atoms with Crippen molar-refractivity contribution < 1.29 is 14.3 Å². The van der Waals surface area contributed by atoms with E-state index < -0.39 is 0 Å². The van der Waals surface area contributed by atoms with Gasteiger partial charge in [0.2, 0.25) is 0 Å². The Morgan fingerprint density at radius 2 is 2.04 bits per heavy atom. The minimum absolute atomic E-state index is 0.0103. The van der Waals surface area contributed by atoms with Crippen molar-refractivity contribution in [2.75, 3.05) is 51.3 Å². The number of anilines is 1. The topological polar surface area (TPSA) is 54.0 Å². The van der Waals surface area contributed by atoms with Gasteiger partial charge in [-0.1, -0.05) is 12.1 Å². The first kappa shape index (κ1) is 19.0. The second-order valence-corrected chi connectivity index (χ2v) is 6.95. The van der Waals surface area contributed by atoms with Gasteiger partial charge in [-0.15, -0.1) is 0 Å². The molecule has 2 heterocycles. The maximum Gasteiger partial charge on any atom is 0.322 e. The molecule has 0 radical (unpaired) electrons. The van der Waals surface area contributed by atoms with E-state index in [1.165, 1.54) is 6.42 Å². The lowest BCUT2D eigenvalue weighted by Gasteiger charge is -2.37. The van der Waals surface area contributed by atoms with Gasteiger partial charge in [0, 0.05) is 32.2 Å². The number of nitrogens with one attached hydrogen (secondary N) is 1. The number of rotatable bonds is 6. The van der Waals surface area contributed by atoms with Crippen LogP contribution in [0.4, 0.5) is 10.5 Å². The second kappa shape index (κ2) is 9.78. The van der Waals surface area contributed by atoms with Crippen LogP contribution in [0, 0.1) is 0 Å². The number of amides is 2. The van der Waals surface area contributed by atoms with E-state index in [2.05, 4.69) is 10.2 Å². The first-order valence-corrected chi connectivity index (χ1v) is 9.87. The van der Waals surface area contributed by atoms with E-state index in [-0.39, 0.29) is 6.03 Å². The molecule has 2 saturated heterocycles. The van der Waals surface area contributed by atoms with Crippen molar-refractivity contribution in [1.82, 2.24) is 9.80 Å². The molecule has 0 aromatic heterocycles. The molecule has 0 saturated carbocycles. The highest BCUT2D eigenvalue weighted by atomic mass is 16.5. The minimum Gasteiger partial charge on any atom is -0.492 e. The minimum atomic E-state index is -0.0103. The van der Waals surface area contributed by atoms with E-state index >= 15 is 0 Å². The van der Waals surface area contributed by atoms with Crippen LogP contribution in [0.2, 0.25) is 0 Å². The lowest BCUT2D eigenvalue weighted by Crippen LogP contribution is -2.48. The van der Waals surface area contributed by atoms with Gasteiger partial charge >= 0.3 is 6.03 Å². The van der Waals surface area contributed by atoms with E-state index in [4.69, 9.17) is 9.47 Å². The molecular weight excluding hydrogens is 330 g/mol. The second-order valence-electron chi connectivity index (χ2n) is 6.95. The normalized spacial score (nSPS) is 21.4. The summed E-state index contributed by atoms with van der Waals surface area (Å²) in [5, 5.41) is 3.06. The van der Waals surface area contributed by atoms with Crippen LogP contribution >= 0.6 is 0 Å². The Kier molecular flexibility index (Phi) is 7.14. The Labute approximate surface area is 156 Å². The molecule has 1 aromatic carbocycles. The number of piperidine rings is 1. The number of carbonyl (C=O) groups excluding carboxylic acids is 1. The molecule has 0 aliphatic carbocycles. The van der Waals surface area contributed by atoms with Crippen LogP contribution in [0.3, 0.4) is 0 Å². The van der Waals surface area contributed by atoms with Gasteiger partial charge in [0.15, 0.2) is 0 Å². The molecule has 2 fully saturated rings. The first-order chi connectivity index (χ1) is 12.8. The largest absolute Gasteiger partial charge is 0.492 e. The molecule has 1 atom stereocenters. The summed E-state index contributed by atoms with van der Waals surface area (Å²) < 4.78 is 11.0. The van der Waals surface area contributed by atoms with Crippen molar-refractivity contribution in [3.63, 3.8) is 0 Å². The molecular formula is C20H31N3O3. The van der Waals surface area contributed by atoms with Gasteiger partial charge in [-0.3, -0.25) is 4.90 Å². The molecule has 1 unspecified atom stereocenters. The van der Waals surface area contributed by atoms with E-state index in [1.807, 2.05) is 36.1 Å². The van der Waals surface area contributed by atoms with Crippen molar-refractivity contribution in [2.45, 2.75) is 38.6 Å². The molecule has 144 valence electrons. The van der Waals surface area contributed by atoms with Crippen molar-refractivity contribution in [3.05, 3.63) is 24.3 Å². The van der Waals surface area contributed by atoms with Gasteiger partial charge in [-0.2, -0.15) is 0 Å². The van der Waals surface area contributed by atoms with E-state index in [9.17, 15) is 4.79 Å². The number of likely N-dealkylation sites (tertiary alicyclic amines) is 1. The first-order valence-electron chi connectivity index (χ1n) is 9.87.